The van der Waals surface area contributed by atoms with E-state index in [0.717, 1.165) is 5.56 Å². The van der Waals surface area contributed by atoms with Gasteiger partial charge < -0.3 is 19.3 Å². The Labute approximate surface area is 161 Å². The third-order valence-corrected chi connectivity index (χ3v) is 3.93. The average molecular weight is 381 g/mol. The van der Waals surface area contributed by atoms with Gasteiger partial charge in [-0.25, -0.2) is 0 Å². The highest BCUT2D eigenvalue weighted by Gasteiger charge is 2.14. The first-order chi connectivity index (χ1) is 13.6. The molecule has 8 heteroatoms. The first-order valence-corrected chi connectivity index (χ1v) is 8.51. The van der Waals surface area contributed by atoms with Crippen LogP contribution in [-0.4, -0.2) is 28.9 Å². The van der Waals surface area contributed by atoms with E-state index in [-0.39, 0.29) is 24.0 Å². The third-order valence-electron chi connectivity index (χ3n) is 3.93. The van der Waals surface area contributed by atoms with Crippen molar-refractivity contribution < 1.29 is 23.6 Å². The van der Waals surface area contributed by atoms with E-state index in [1.54, 1.807) is 30.6 Å². The van der Waals surface area contributed by atoms with Gasteiger partial charge in [0.1, 0.15) is 6.61 Å². The lowest BCUT2D eigenvalue weighted by molar-refractivity contribution is 0.0940. The summed E-state index contributed by atoms with van der Waals surface area (Å²) in [6.45, 7) is 1.89. The standard InChI is InChI=1S/C20H19N3O5/c1-13(24)15-3-4-18(19(9-15)26-2)27-12-16-10-17(23-28-16)20(25)22-11-14-5-7-21-8-6-14/h3-10H,11-12H2,1-2H3,(H,22,25). The van der Waals surface area contributed by atoms with Crippen molar-refractivity contribution in [1.29, 1.82) is 0 Å². The van der Waals surface area contributed by atoms with Crippen molar-refractivity contribution in [3.05, 3.63) is 71.4 Å². The van der Waals surface area contributed by atoms with E-state index in [9.17, 15) is 9.59 Å². The van der Waals surface area contributed by atoms with Crippen molar-refractivity contribution in [1.82, 2.24) is 15.5 Å². The Morgan fingerprint density at radius 1 is 1.11 bits per heavy atom. The van der Waals surface area contributed by atoms with E-state index in [2.05, 4.69) is 15.5 Å². The van der Waals surface area contributed by atoms with Crippen LogP contribution in [0.3, 0.4) is 0 Å². The van der Waals surface area contributed by atoms with E-state index < -0.39 is 0 Å². The molecule has 2 heterocycles. The van der Waals surface area contributed by atoms with Crippen molar-refractivity contribution in [3.8, 4) is 11.5 Å². The summed E-state index contributed by atoms with van der Waals surface area (Å²) < 4.78 is 16.1. The highest BCUT2D eigenvalue weighted by Crippen LogP contribution is 2.29. The molecule has 0 atom stereocenters. The number of aromatic nitrogens is 2. The number of hydrogen-bond acceptors (Lipinski definition) is 7. The summed E-state index contributed by atoms with van der Waals surface area (Å²) in [6, 6.07) is 10.0. The minimum Gasteiger partial charge on any atom is -0.493 e. The number of ketones is 1. The summed E-state index contributed by atoms with van der Waals surface area (Å²) in [5.74, 6) is 0.847. The summed E-state index contributed by atoms with van der Waals surface area (Å²) in [4.78, 5) is 27.5. The average Bonchev–Trinajstić information content (AvgIpc) is 3.20. The molecule has 0 aliphatic rings. The van der Waals surface area contributed by atoms with Crippen LogP contribution in [-0.2, 0) is 13.2 Å². The maximum absolute atomic E-state index is 12.2. The number of Topliss-reactive ketones (excluding diaryl/α,β-unsaturated/α-hetero) is 1. The Kier molecular flexibility index (Phi) is 6.01. The zero-order chi connectivity index (χ0) is 19.9. The smallest absolute Gasteiger partial charge is 0.273 e. The number of carbonyl (C=O) groups excluding carboxylic acids is 2. The number of pyridine rings is 1. The molecule has 0 saturated heterocycles. The number of carbonyl (C=O) groups is 2. The number of amides is 1. The van der Waals surface area contributed by atoms with Crippen LogP contribution >= 0.6 is 0 Å². The maximum Gasteiger partial charge on any atom is 0.273 e. The number of nitrogens with zero attached hydrogens (tertiary/aromatic N) is 2. The molecule has 3 rings (SSSR count). The third kappa shape index (κ3) is 4.73. The fourth-order valence-electron chi connectivity index (χ4n) is 2.42. The quantitative estimate of drug-likeness (QED) is 0.598. The lowest BCUT2D eigenvalue weighted by atomic mass is 10.1. The van der Waals surface area contributed by atoms with Crippen molar-refractivity contribution in [3.63, 3.8) is 0 Å². The van der Waals surface area contributed by atoms with Gasteiger partial charge in [0, 0.05) is 30.6 Å². The summed E-state index contributed by atoms with van der Waals surface area (Å²) in [5, 5.41) is 6.52. The molecule has 0 aliphatic carbocycles. The molecule has 1 aromatic carbocycles. The molecule has 0 aliphatic heterocycles. The molecule has 0 bridgehead atoms. The molecule has 1 amide bonds. The number of benzene rings is 1. The van der Waals surface area contributed by atoms with Gasteiger partial charge in [-0.3, -0.25) is 14.6 Å². The second-order valence-electron chi connectivity index (χ2n) is 5.93. The predicted molar refractivity (Wildman–Crippen MR) is 99.2 cm³/mol. The van der Waals surface area contributed by atoms with Gasteiger partial charge in [-0.05, 0) is 42.8 Å². The second kappa shape index (κ2) is 8.81. The topological polar surface area (TPSA) is 104 Å². The predicted octanol–water partition coefficient (Wildman–Crippen LogP) is 2.79. The van der Waals surface area contributed by atoms with E-state index in [0.29, 0.717) is 29.4 Å². The Bertz CT molecular complexity index is 969. The molecule has 0 unspecified atom stereocenters. The first kappa shape index (κ1) is 19.1. The van der Waals surface area contributed by atoms with Crippen LogP contribution in [0.4, 0.5) is 0 Å². The molecule has 1 N–H and O–H groups in total. The Balaban J connectivity index is 1.59. The molecule has 144 valence electrons. The monoisotopic (exact) mass is 381 g/mol. The number of methoxy groups -OCH3 is 1. The van der Waals surface area contributed by atoms with E-state index in [4.69, 9.17) is 14.0 Å². The minimum absolute atomic E-state index is 0.0560. The lowest BCUT2D eigenvalue weighted by Gasteiger charge is -2.10. The van der Waals surface area contributed by atoms with Crippen molar-refractivity contribution in [2.75, 3.05) is 7.11 Å². The van der Waals surface area contributed by atoms with Gasteiger partial charge in [-0.1, -0.05) is 5.16 Å². The van der Waals surface area contributed by atoms with Gasteiger partial charge in [0.15, 0.2) is 28.7 Å². The zero-order valence-corrected chi connectivity index (χ0v) is 15.5. The molecular weight excluding hydrogens is 362 g/mol. The van der Waals surface area contributed by atoms with Crippen LogP contribution in [0.2, 0.25) is 0 Å². The van der Waals surface area contributed by atoms with Gasteiger partial charge in [-0.2, -0.15) is 0 Å². The molecule has 8 nitrogen and oxygen atoms in total. The zero-order valence-electron chi connectivity index (χ0n) is 15.5. The summed E-state index contributed by atoms with van der Waals surface area (Å²) >= 11 is 0. The number of ether oxygens (including phenoxy) is 2. The summed E-state index contributed by atoms with van der Waals surface area (Å²) in [7, 11) is 1.49. The normalized spacial score (nSPS) is 10.4. The van der Waals surface area contributed by atoms with Gasteiger partial charge in [-0.15, -0.1) is 0 Å². The SMILES string of the molecule is COc1cc(C(C)=O)ccc1OCc1cc(C(=O)NCc2ccncc2)no1. The molecule has 3 aromatic rings. The second-order valence-corrected chi connectivity index (χ2v) is 5.93. The van der Waals surface area contributed by atoms with Crippen molar-refractivity contribution >= 4 is 11.7 Å². The summed E-state index contributed by atoms with van der Waals surface area (Å²) in [5.41, 5.74) is 1.61. The summed E-state index contributed by atoms with van der Waals surface area (Å²) in [6.07, 6.45) is 3.31. The minimum atomic E-state index is -0.352. The molecule has 0 saturated carbocycles. The fraction of sp³-hybridized carbons (Fsp3) is 0.200. The molecular formula is C20H19N3O5. The van der Waals surface area contributed by atoms with E-state index in [1.807, 2.05) is 12.1 Å². The molecule has 28 heavy (non-hydrogen) atoms. The number of rotatable bonds is 8. The molecule has 0 spiro atoms. The highest BCUT2D eigenvalue weighted by atomic mass is 16.5. The van der Waals surface area contributed by atoms with Crippen LogP contribution in [0.25, 0.3) is 0 Å². The number of hydrogen-bond donors (Lipinski definition) is 1. The first-order valence-electron chi connectivity index (χ1n) is 8.51. The van der Waals surface area contributed by atoms with Crippen LogP contribution in [0.1, 0.15) is 39.1 Å². The van der Waals surface area contributed by atoms with Crippen LogP contribution in [0.5, 0.6) is 11.5 Å². The van der Waals surface area contributed by atoms with Crippen LogP contribution in [0, 0.1) is 0 Å². The van der Waals surface area contributed by atoms with Gasteiger partial charge in [0.05, 0.1) is 7.11 Å². The number of nitrogens with one attached hydrogen (secondary N) is 1. The lowest BCUT2D eigenvalue weighted by Crippen LogP contribution is -2.23. The fourth-order valence-corrected chi connectivity index (χ4v) is 2.42. The largest absolute Gasteiger partial charge is 0.493 e. The highest BCUT2D eigenvalue weighted by molar-refractivity contribution is 5.94. The van der Waals surface area contributed by atoms with Crippen molar-refractivity contribution in [2.45, 2.75) is 20.1 Å². The maximum atomic E-state index is 12.2. The van der Waals surface area contributed by atoms with Crippen LogP contribution < -0.4 is 14.8 Å². The van der Waals surface area contributed by atoms with Crippen LogP contribution in [0.15, 0.2) is 53.3 Å². The molecule has 0 fully saturated rings. The van der Waals surface area contributed by atoms with E-state index >= 15 is 0 Å². The Morgan fingerprint density at radius 2 is 1.89 bits per heavy atom. The van der Waals surface area contributed by atoms with Gasteiger partial charge in [0.25, 0.3) is 5.91 Å². The Morgan fingerprint density at radius 3 is 2.61 bits per heavy atom. The van der Waals surface area contributed by atoms with E-state index in [1.165, 1.54) is 20.1 Å². The van der Waals surface area contributed by atoms with Gasteiger partial charge in [0.2, 0.25) is 0 Å². The van der Waals surface area contributed by atoms with Gasteiger partial charge >= 0.3 is 0 Å². The molecule has 0 radical (unpaired) electrons. The Hall–Kier alpha value is -3.68. The molecule has 2 aromatic heterocycles. The van der Waals surface area contributed by atoms with Crippen molar-refractivity contribution in [2.24, 2.45) is 0 Å².